The minimum atomic E-state index is -1.02. The van der Waals surface area contributed by atoms with Gasteiger partial charge >= 0.3 is 5.97 Å². The van der Waals surface area contributed by atoms with Gasteiger partial charge in [-0.05, 0) is 36.2 Å². The van der Waals surface area contributed by atoms with E-state index in [2.05, 4.69) is 5.32 Å². The first-order valence-electron chi connectivity index (χ1n) is 10.0. The van der Waals surface area contributed by atoms with Gasteiger partial charge in [-0.1, -0.05) is 66.2 Å². The van der Waals surface area contributed by atoms with Crippen LogP contribution in [0.25, 0.3) is 10.9 Å². The number of carboxylic acids is 1. The summed E-state index contributed by atoms with van der Waals surface area (Å²) in [5.41, 5.74) is 3.49. The smallest absolute Gasteiger partial charge is 0.352 e. The molecule has 1 heterocycles. The van der Waals surface area contributed by atoms with Crippen LogP contribution in [0.1, 0.15) is 40.1 Å². The number of carboxylic acid groups (broad SMARTS) is 1. The SMILES string of the molecule is C[C@@H](NCc1c(C(=O)O)n(Cc2ccc(F)cc2Cl)c2ccccc12)c1ccccc1. The molecule has 1 aromatic heterocycles. The normalized spacial score (nSPS) is 12.2. The van der Waals surface area contributed by atoms with Crippen molar-refractivity contribution in [1.29, 1.82) is 0 Å². The van der Waals surface area contributed by atoms with Crippen LogP contribution in [0, 0.1) is 5.82 Å². The summed E-state index contributed by atoms with van der Waals surface area (Å²) in [4.78, 5) is 12.3. The van der Waals surface area contributed by atoms with E-state index >= 15 is 0 Å². The summed E-state index contributed by atoms with van der Waals surface area (Å²) in [6.07, 6.45) is 0. The molecule has 0 radical (unpaired) electrons. The number of aromatic carboxylic acids is 1. The van der Waals surface area contributed by atoms with Crippen LogP contribution in [0.3, 0.4) is 0 Å². The van der Waals surface area contributed by atoms with Crippen molar-refractivity contribution in [1.82, 2.24) is 9.88 Å². The number of nitrogens with one attached hydrogen (secondary N) is 1. The number of fused-ring (bicyclic) bond motifs is 1. The maximum absolute atomic E-state index is 13.5. The predicted octanol–water partition coefficient (Wildman–Crippen LogP) is 6.03. The number of hydrogen-bond donors (Lipinski definition) is 2. The van der Waals surface area contributed by atoms with Gasteiger partial charge in [-0.2, -0.15) is 0 Å². The summed E-state index contributed by atoms with van der Waals surface area (Å²) in [5.74, 6) is -1.44. The highest BCUT2D eigenvalue weighted by molar-refractivity contribution is 6.31. The lowest BCUT2D eigenvalue weighted by Gasteiger charge is -2.15. The van der Waals surface area contributed by atoms with Crippen LogP contribution in [-0.4, -0.2) is 15.6 Å². The molecule has 0 unspecified atom stereocenters. The number of aromatic nitrogens is 1. The molecule has 0 bridgehead atoms. The first-order chi connectivity index (χ1) is 15.0. The van der Waals surface area contributed by atoms with E-state index in [1.165, 1.54) is 12.1 Å². The average Bonchev–Trinajstić information content (AvgIpc) is 3.08. The van der Waals surface area contributed by atoms with Gasteiger partial charge in [0.2, 0.25) is 0 Å². The molecule has 2 N–H and O–H groups in total. The predicted molar refractivity (Wildman–Crippen MR) is 121 cm³/mol. The van der Waals surface area contributed by atoms with E-state index in [0.29, 0.717) is 17.7 Å². The van der Waals surface area contributed by atoms with E-state index in [0.717, 1.165) is 16.5 Å². The van der Waals surface area contributed by atoms with Crippen LogP contribution in [-0.2, 0) is 13.1 Å². The molecule has 31 heavy (non-hydrogen) atoms. The summed E-state index contributed by atoms with van der Waals surface area (Å²) in [7, 11) is 0. The molecule has 0 fully saturated rings. The van der Waals surface area contributed by atoms with Crippen molar-refractivity contribution in [2.75, 3.05) is 0 Å². The zero-order chi connectivity index (χ0) is 22.0. The van der Waals surface area contributed by atoms with Crippen molar-refractivity contribution < 1.29 is 14.3 Å². The second kappa shape index (κ2) is 8.92. The Morgan fingerprint density at radius 1 is 1.10 bits per heavy atom. The van der Waals surface area contributed by atoms with Crippen LogP contribution in [0.2, 0.25) is 5.02 Å². The van der Waals surface area contributed by atoms with E-state index < -0.39 is 11.8 Å². The van der Waals surface area contributed by atoms with Crippen LogP contribution in [0.4, 0.5) is 4.39 Å². The summed E-state index contributed by atoms with van der Waals surface area (Å²) in [6, 6.07) is 21.8. The van der Waals surface area contributed by atoms with Crippen LogP contribution in [0.15, 0.2) is 72.8 Å². The third kappa shape index (κ3) is 4.33. The molecule has 4 rings (SSSR count). The summed E-state index contributed by atoms with van der Waals surface area (Å²) in [6.45, 7) is 2.67. The first kappa shape index (κ1) is 21.1. The van der Waals surface area contributed by atoms with Gasteiger partial charge in [-0.15, -0.1) is 0 Å². The molecule has 0 aliphatic carbocycles. The van der Waals surface area contributed by atoms with E-state index in [9.17, 15) is 14.3 Å². The lowest BCUT2D eigenvalue weighted by Crippen LogP contribution is -2.20. The topological polar surface area (TPSA) is 54.3 Å². The number of hydrogen-bond acceptors (Lipinski definition) is 2. The number of halogens is 2. The van der Waals surface area contributed by atoms with Crippen LogP contribution < -0.4 is 5.32 Å². The largest absolute Gasteiger partial charge is 0.477 e. The average molecular weight is 437 g/mol. The maximum Gasteiger partial charge on any atom is 0.352 e. The summed E-state index contributed by atoms with van der Waals surface area (Å²) >= 11 is 6.23. The number of carbonyl (C=O) groups is 1. The van der Waals surface area contributed by atoms with Gasteiger partial charge in [0.1, 0.15) is 11.5 Å². The Hall–Kier alpha value is -3.15. The van der Waals surface area contributed by atoms with Gasteiger partial charge in [-0.3, -0.25) is 0 Å². The van der Waals surface area contributed by atoms with Gasteiger partial charge in [0.05, 0.1) is 0 Å². The molecule has 1 atom stereocenters. The van der Waals surface area contributed by atoms with Gasteiger partial charge < -0.3 is 15.0 Å². The standard InChI is InChI=1S/C25H22ClFN2O2/c1-16(17-7-3-2-4-8-17)28-14-21-20-9-5-6-10-23(20)29(24(21)25(30)31)15-18-11-12-19(27)13-22(18)26/h2-13,16,28H,14-15H2,1H3,(H,30,31)/t16-/m1/s1. The van der Waals surface area contributed by atoms with Crippen molar-refractivity contribution >= 4 is 28.5 Å². The highest BCUT2D eigenvalue weighted by Crippen LogP contribution is 2.29. The Bertz CT molecular complexity index is 1240. The van der Waals surface area contributed by atoms with Crippen LogP contribution >= 0.6 is 11.6 Å². The Morgan fingerprint density at radius 3 is 2.52 bits per heavy atom. The number of rotatable bonds is 7. The molecule has 4 aromatic rings. The Morgan fingerprint density at radius 2 is 1.81 bits per heavy atom. The third-order valence-corrected chi connectivity index (χ3v) is 5.86. The van der Waals surface area contributed by atoms with Crippen molar-refractivity contribution in [3.63, 3.8) is 0 Å². The lowest BCUT2D eigenvalue weighted by atomic mass is 10.1. The molecule has 0 aliphatic rings. The van der Waals surface area contributed by atoms with Gasteiger partial charge in [0, 0.05) is 40.6 Å². The molecule has 0 amide bonds. The highest BCUT2D eigenvalue weighted by atomic mass is 35.5. The van der Waals surface area contributed by atoms with Crippen molar-refractivity contribution in [3.05, 3.63) is 106 Å². The fourth-order valence-corrected chi connectivity index (χ4v) is 4.12. The molecule has 4 nitrogen and oxygen atoms in total. The van der Waals surface area contributed by atoms with Crippen LogP contribution in [0.5, 0.6) is 0 Å². The van der Waals surface area contributed by atoms with E-state index in [-0.39, 0.29) is 23.3 Å². The second-order valence-electron chi connectivity index (χ2n) is 7.48. The highest BCUT2D eigenvalue weighted by Gasteiger charge is 2.23. The molecular weight excluding hydrogens is 415 g/mol. The Labute approximate surface area is 184 Å². The van der Waals surface area contributed by atoms with Crippen molar-refractivity contribution in [2.24, 2.45) is 0 Å². The van der Waals surface area contributed by atoms with Gasteiger partial charge in [0.15, 0.2) is 0 Å². The van der Waals surface area contributed by atoms with Gasteiger partial charge in [0.25, 0.3) is 0 Å². The monoisotopic (exact) mass is 436 g/mol. The molecule has 158 valence electrons. The minimum Gasteiger partial charge on any atom is -0.477 e. The fraction of sp³-hybridized carbons (Fsp3) is 0.160. The zero-order valence-electron chi connectivity index (χ0n) is 17.0. The lowest BCUT2D eigenvalue weighted by molar-refractivity contribution is 0.0684. The quantitative estimate of drug-likeness (QED) is 0.372. The maximum atomic E-state index is 13.5. The van der Waals surface area contributed by atoms with Gasteiger partial charge in [-0.25, -0.2) is 9.18 Å². The molecule has 3 aromatic carbocycles. The number of benzene rings is 3. The molecule has 0 saturated carbocycles. The van der Waals surface area contributed by atoms with E-state index in [1.807, 2.05) is 61.5 Å². The fourth-order valence-electron chi connectivity index (χ4n) is 3.90. The first-order valence-corrected chi connectivity index (χ1v) is 10.4. The molecule has 0 aliphatic heterocycles. The molecule has 6 heteroatoms. The van der Waals surface area contributed by atoms with Crippen molar-refractivity contribution in [2.45, 2.75) is 26.1 Å². The number of para-hydroxylation sites is 1. The Kier molecular flexibility index (Phi) is 6.07. The Balaban J connectivity index is 1.75. The third-order valence-electron chi connectivity index (χ3n) is 5.51. The zero-order valence-corrected chi connectivity index (χ0v) is 17.7. The summed E-state index contributed by atoms with van der Waals surface area (Å²) in [5, 5.41) is 14.7. The summed E-state index contributed by atoms with van der Waals surface area (Å²) < 4.78 is 15.2. The second-order valence-corrected chi connectivity index (χ2v) is 7.89. The van der Waals surface area contributed by atoms with E-state index in [1.54, 1.807) is 10.6 Å². The molecule has 0 spiro atoms. The molecule has 0 saturated heterocycles. The number of nitrogens with zero attached hydrogens (tertiary/aromatic N) is 1. The minimum absolute atomic E-state index is 0.0523. The molecular formula is C25H22ClFN2O2. The van der Waals surface area contributed by atoms with E-state index in [4.69, 9.17) is 11.6 Å². The van der Waals surface area contributed by atoms with Crippen molar-refractivity contribution in [3.8, 4) is 0 Å².